The van der Waals surface area contributed by atoms with Crippen molar-refractivity contribution in [2.75, 3.05) is 4.90 Å². The van der Waals surface area contributed by atoms with Crippen LogP contribution >= 0.6 is 11.3 Å². The minimum atomic E-state index is -0.0546. The third-order valence-corrected chi connectivity index (χ3v) is 5.84. The lowest BCUT2D eigenvalue weighted by molar-refractivity contribution is 0.0985. The molecule has 0 atom stereocenters. The van der Waals surface area contributed by atoms with E-state index >= 15 is 0 Å². The minimum absolute atomic E-state index is 0.0546. The molecule has 0 saturated heterocycles. The van der Waals surface area contributed by atoms with Crippen molar-refractivity contribution < 1.29 is 4.79 Å². The van der Waals surface area contributed by atoms with E-state index in [2.05, 4.69) is 31.0 Å². The number of aryl methyl sites for hydroxylation is 3. The molecule has 0 N–H and O–H groups in total. The lowest BCUT2D eigenvalue weighted by Crippen LogP contribution is -2.30. The fourth-order valence-electron chi connectivity index (χ4n) is 3.31. The Morgan fingerprint density at radius 1 is 1.04 bits per heavy atom. The molecule has 0 aliphatic rings. The molecule has 2 heterocycles. The quantitative estimate of drug-likeness (QED) is 0.467. The van der Waals surface area contributed by atoms with Gasteiger partial charge in [-0.15, -0.1) is 0 Å². The van der Waals surface area contributed by atoms with Crippen LogP contribution in [0.25, 0.3) is 10.2 Å². The summed E-state index contributed by atoms with van der Waals surface area (Å²) in [4.78, 5) is 24.2. The summed E-state index contributed by atoms with van der Waals surface area (Å²) in [5.41, 5.74) is 5.98. The van der Waals surface area contributed by atoms with Crippen molar-refractivity contribution in [3.05, 3.63) is 88.7 Å². The molecule has 0 aliphatic carbocycles. The maximum atomic E-state index is 13.4. The highest BCUT2D eigenvalue weighted by molar-refractivity contribution is 7.22. The molecule has 0 saturated carbocycles. The van der Waals surface area contributed by atoms with Gasteiger partial charge >= 0.3 is 0 Å². The number of thiazole rings is 1. The Kier molecular flexibility index (Phi) is 4.92. The highest BCUT2D eigenvalue weighted by Gasteiger charge is 2.22. The van der Waals surface area contributed by atoms with E-state index in [0.29, 0.717) is 17.2 Å². The molecule has 0 aliphatic heterocycles. The number of hydrogen-bond donors (Lipinski definition) is 0. The molecule has 2 aromatic carbocycles. The number of hydrogen-bond acceptors (Lipinski definition) is 4. The number of rotatable bonds is 4. The third kappa shape index (κ3) is 3.66. The molecule has 0 spiro atoms. The molecule has 0 unspecified atom stereocenters. The number of fused-ring (bicyclic) bond motifs is 1. The Balaban J connectivity index is 1.80. The second kappa shape index (κ2) is 7.52. The summed E-state index contributed by atoms with van der Waals surface area (Å²) < 4.78 is 1.12. The van der Waals surface area contributed by atoms with Gasteiger partial charge in [-0.25, -0.2) is 4.98 Å². The van der Waals surface area contributed by atoms with Gasteiger partial charge in [0.2, 0.25) is 0 Å². The van der Waals surface area contributed by atoms with Crippen molar-refractivity contribution in [3.63, 3.8) is 0 Å². The Labute approximate surface area is 168 Å². The summed E-state index contributed by atoms with van der Waals surface area (Å²) >= 11 is 1.56. The van der Waals surface area contributed by atoms with Gasteiger partial charge in [0.25, 0.3) is 5.91 Å². The fourth-order valence-corrected chi connectivity index (χ4v) is 4.33. The molecule has 4 rings (SSSR count). The van der Waals surface area contributed by atoms with Gasteiger partial charge in [0.15, 0.2) is 5.13 Å². The van der Waals surface area contributed by atoms with Crippen molar-refractivity contribution in [2.24, 2.45) is 0 Å². The average Bonchev–Trinajstić information content (AvgIpc) is 3.10. The van der Waals surface area contributed by atoms with Gasteiger partial charge < -0.3 is 0 Å². The van der Waals surface area contributed by atoms with Crippen molar-refractivity contribution in [3.8, 4) is 0 Å². The van der Waals surface area contributed by atoms with E-state index < -0.39 is 0 Å². The monoisotopic (exact) mass is 387 g/mol. The molecule has 140 valence electrons. The number of pyridine rings is 1. The van der Waals surface area contributed by atoms with Gasteiger partial charge in [-0.3, -0.25) is 14.7 Å². The lowest BCUT2D eigenvalue weighted by atomic mass is 10.1. The molecular weight excluding hydrogens is 366 g/mol. The van der Waals surface area contributed by atoms with Gasteiger partial charge in [-0.2, -0.15) is 0 Å². The van der Waals surface area contributed by atoms with Crippen LogP contribution in [-0.2, 0) is 6.54 Å². The molecule has 4 nitrogen and oxygen atoms in total. The van der Waals surface area contributed by atoms with E-state index in [4.69, 9.17) is 4.98 Å². The molecule has 0 fully saturated rings. The van der Waals surface area contributed by atoms with Crippen molar-refractivity contribution in [1.29, 1.82) is 0 Å². The molecule has 28 heavy (non-hydrogen) atoms. The van der Waals surface area contributed by atoms with Crippen molar-refractivity contribution >= 4 is 32.6 Å². The number of nitrogens with zero attached hydrogens (tertiary/aromatic N) is 3. The molecule has 2 aromatic heterocycles. The summed E-state index contributed by atoms with van der Waals surface area (Å²) in [7, 11) is 0. The summed E-state index contributed by atoms with van der Waals surface area (Å²) in [6.07, 6.45) is 3.53. The van der Waals surface area contributed by atoms with Crippen LogP contribution in [-0.4, -0.2) is 15.9 Å². The van der Waals surface area contributed by atoms with E-state index in [1.165, 1.54) is 11.1 Å². The SMILES string of the molecule is Cc1cccc(C(=O)N(Cc2cccnc2)c2nc3cc(C)cc(C)c3s2)c1. The van der Waals surface area contributed by atoms with Gasteiger partial charge in [0, 0.05) is 18.0 Å². The second-order valence-electron chi connectivity index (χ2n) is 7.05. The minimum Gasteiger partial charge on any atom is -0.279 e. The van der Waals surface area contributed by atoms with Crippen LogP contribution in [0.4, 0.5) is 5.13 Å². The summed E-state index contributed by atoms with van der Waals surface area (Å²) in [5.74, 6) is -0.0546. The van der Waals surface area contributed by atoms with E-state index in [1.807, 2.05) is 43.3 Å². The standard InChI is InChI=1S/C23H21N3OS/c1-15-6-4-8-19(11-15)22(27)26(14-18-7-5-9-24-13-18)23-25-20-12-16(2)10-17(3)21(20)28-23/h4-13H,14H2,1-3H3. The number of carbonyl (C=O) groups is 1. The zero-order valence-corrected chi connectivity index (χ0v) is 17.0. The summed E-state index contributed by atoms with van der Waals surface area (Å²) in [6.45, 7) is 6.58. The van der Waals surface area contributed by atoms with Crippen LogP contribution in [0.1, 0.15) is 32.6 Å². The highest BCUT2D eigenvalue weighted by Crippen LogP contribution is 2.33. The smallest absolute Gasteiger partial charge is 0.260 e. The summed E-state index contributed by atoms with van der Waals surface area (Å²) in [5, 5.41) is 0.707. The van der Waals surface area contributed by atoms with Gasteiger partial charge in [0.05, 0.1) is 16.8 Å². The van der Waals surface area contributed by atoms with Crippen LogP contribution < -0.4 is 4.90 Å². The van der Waals surface area contributed by atoms with Crippen LogP contribution in [0, 0.1) is 20.8 Å². The Morgan fingerprint density at radius 3 is 2.64 bits per heavy atom. The first-order valence-corrected chi connectivity index (χ1v) is 9.98. The van der Waals surface area contributed by atoms with Gasteiger partial charge in [-0.05, 0) is 61.7 Å². The molecule has 1 amide bonds. The predicted molar refractivity (Wildman–Crippen MR) is 115 cm³/mol. The maximum Gasteiger partial charge on any atom is 0.260 e. The first kappa shape index (κ1) is 18.3. The van der Waals surface area contributed by atoms with Crippen molar-refractivity contribution in [1.82, 2.24) is 9.97 Å². The molecule has 4 aromatic rings. The van der Waals surface area contributed by atoms with Gasteiger partial charge in [0.1, 0.15) is 0 Å². The lowest BCUT2D eigenvalue weighted by Gasteiger charge is -2.20. The predicted octanol–water partition coefficient (Wildman–Crippen LogP) is 5.46. The van der Waals surface area contributed by atoms with Crippen LogP contribution in [0.5, 0.6) is 0 Å². The Hall–Kier alpha value is -3.05. The maximum absolute atomic E-state index is 13.4. The van der Waals surface area contributed by atoms with E-state index in [0.717, 1.165) is 21.3 Å². The molecule has 0 bridgehead atoms. The molecule has 5 heteroatoms. The topological polar surface area (TPSA) is 46.1 Å². The largest absolute Gasteiger partial charge is 0.279 e. The number of carbonyl (C=O) groups excluding carboxylic acids is 1. The first-order chi connectivity index (χ1) is 13.5. The van der Waals surface area contributed by atoms with E-state index in [-0.39, 0.29) is 5.91 Å². The fraction of sp³-hybridized carbons (Fsp3) is 0.174. The zero-order chi connectivity index (χ0) is 19.7. The van der Waals surface area contributed by atoms with Crippen LogP contribution in [0.15, 0.2) is 60.9 Å². The normalized spacial score (nSPS) is 11.0. The second-order valence-corrected chi connectivity index (χ2v) is 8.03. The average molecular weight is 388 g/mol. The van der Waals surface area contributed by atoms with Crippen LogP contribution in [0.3, 0.4) is 0 Å². The zero-order valence-electron chi connectivity index (χ0n) is 16.1. The van der Waals surface area contributed by atoms with Crippen LogP contribution in [0.2, 0.25) is 0 Å². The first-order valence-electron chi connectivity index (χ1n) is 9.16. The van der Waals surface area contributed by atoms with Crippen molar-refractivity contribution in [2.45, 2.75) is 27.3 Å². The van der Waals surface area contributed by atoms with Gasteiger partial charge in [-0.1, -0.05) is 41.2 Å². The van der Waals surface area contributed by atoms with E-state index in [9.17, 15) is 4.79 Å². The number of aromatic nitrogens is 2. The number of amides is 1. The summed E-state index contributed by atoms with van der Waals surface area (Å²) in [6, 6.07) is 15.8. The molecular formula is C23H21N3OS. The molecule has 0 radical (unpaired) electrons. The Bertz CT molecular complexity index is 1150. The number of anilines is 1. The third-order valence-electron chi connectivity index (χ3n) is 4.61. The van der Waals surface area contributed by atoms with E-state index in [1.54, 1.807) is 28.6 Å². The highest BCUT2D eigenvalue weighted by atomic mass is 32.1. The Morgan fingerprint density at radius 2 is 1.89 bits per heavy atom. The number of benzene rings is 2.